The minimum Gasteiger partial charge on any atom is -0.504 e. The van der Waals surface area contributed by atoms with Crippen molar-refractivity contribution in [1.29, 1.82) is 0 Å². The van der Waals surface area contributed by atoms with Gasteiger partial charge in [0, 0.05) is 6.92 Å². The molecule has 0 saturated carbocycles. The minimum atomic E-state index is -3.95. The van der Waals surface area contributed by atoms with Gasteiger partial charge in [-0.15, -0.1) is 12.4 Å². The molecule has 0 bridgehead atoms. The Morgan fingerprint density at radius 3 is 2.45 bits per heavy atom. The lowest BCUT2D eigenvalue weighted by Gasteiger charge is -2.22. The molecule has 0 aliphatic heterocycles. The highest BCUT2D eigenvalue weighted by Crippen LogP contribution is 2.35. The van der Waals surface area contributed by atoms with Gasteiger partial charge in [0.25, 0.3) is 0 Å². The Morgan fingerprint density at radius 1 is 1.41 bits per heavy atom. The minimum absolute atomic E-state index is 0. The first-order valence-electron chi connectivity index (χ1n) is 6.02. The van der Waals surface area contributed by atoms with Crippen molar-refractivity contribution < 1.29 is 33.0 Å². The van der Waals surface area contributed by atoms with Crippen molar-refractivity contribution in [2.24, 2.45) is 5.73 Å². The third kappa shape index (κ3) is 4.54. The van der Waals surface area contributed by atoms with Gasteiger partial charge >= 0.3 is 17.9 Å². The van der Waals surface area contributed by atoms with E-state index in [1.807, 2.05) is 0 Å². The van der Waals surface area contributed by atoms with Gasteiger partial charge in [0.1, 0.15) is 6.04 Å². The standard InChI is InChI=1S/C13H15F2NO5.ClH/c1-3-20-12(19)13(14,15)11(16)8-4-5-10(9(18)6-8)21-7(2)17;/h4-6,11,18H,3,16H2,1-2H3;1H/t11-;/m0./s1. The molecule has 22 heavy (non-hydrogen) atoms. The van der Waals surface area contributed by atoms with E-state index in [0.29, 0.717) is 0 Å². The summed E-state index contributed by atoms with van der Waals surface area (Å²) in [7, 11) is 0. The number of phenolic OH excluding ortho intramolecular Hbond substituents is 1. The smallest absolute Gasteiger partial charge is 0.379 e. The molecular weight excluding hydrogens is 324 g/mol. The molecule has 0 aromatic heterocycles. The van der Waals surface area contributed by atoms with Gasteiger partial charge in [0.05, 0.1) is 6.61 Å². The number of rotatable bonds is 5. The highest BCUT2D eigenvalue weighted by atomic mass is 35.5. The Hall–Kier alpha value is -1.93. The number of aromatic hydroxyl groups is 1. The maximum atomic E-state index is 13.8. The molecule has 0 saturated heterocycles. The van der Waals surface area contributed by atoms with Gasteiger partial charge in [-0.05, 0) is 24.6 Å². The van der Waals surface area contributed by atoms with Crippen LogP contribution in [0.3, 0.4) is 0 Å². The van der Waals surface area contributed by atoms with Crippen LogP contribution in [-0.2, 0) is 14.3 Å². The number of halogens is 3. The lowest BCUT2D eigenvalue weighted by atomic mass is 10.0. The van der Waals surface area contributed by atoms with Crippen LogP contribution in [0, 0.1) is 0 Å². The summed E-state index contributed by atoms with van der Waals surface area (Å²) in [6.45, 7) is 2.30. The van der Waals surface area contributed by atoms with Crippen LogP contribution in [0.4, 0.5) is 8.78 Å². The van der Waals surface area contributed by atoms with E-state index >= 15 is 0 Å². The first-order chi connectivity index (χ1) is 9.70. The summed E-state index contributed by atoms with van der Waals surface area (Å²) in [6, 6.07) is 1.12. The summed E-state index contributed by atoms with van der Waals surface area (Å²) in [4.78, 5) is 22.0. The largest absolute Gasteiger partial charge is 0.504 e. The zero-order chi connectivity index (χ0) is 16.2. The number of carbonyl (C=O) groups excluding carboxylic acids is 2. The van der Waals surface area contributed by atoms with Gasteiger partial charge in [-0.1, -0.05) is 6.07 Å². The van der Waals surface area contributed by atoms with Gasteiger partial charge in [-0.25, -0.2) is 4.79 Å². The van der Waals surface area contributed by atoms with Crippen LogP contribution in [-0.4, -0.2) is 29.6 Å². The SMILES string of the molecule is CCOC(=O)C(F)(F)[C@@H](N)c1ccc(OC(C)=O)c(O)c1.Cl. The van der Waals surface area contributed by atoms with Gasteiger partial charge in [-0.3, -0.25) is 4.79 Å². The summed E-state index contributed by atoms with van der Waals surface area (Å²) in [5.41, 5.74) is 5.15. The molecule has 3 N–H and O–H groups in total. The predicted octanol–water partition coefficient (Wildman–Crippen LogP) is 1.94. The van der Waals surface area contributed by atoms with Crippen LogP contribution in [0.15, 0.2) is 18.2 Å². The Balaban J connectivity index is 0.00000441. The molecule has 0 aliphatic rings. The third-order valence-electron chi connectivity index (χ3n) is 2.53. The summed E-state index contributed by atoms with van der Waals surface area (Å²) in [5.74, 6) is -7.12. The molecule has 0 heterocycles. The predicted molar refractivity (Wildman–Crippen MR) is 75.2 cm³/mol. The summed E-state index contributed by atoms with van der Waals surface area (Å²) in [6.07, 6.45) is 0. The van der Waals surface area contributed by atoms with Crippen molar-refractivity contribution in [3.05, 3.63) is 23.8 Å². The lowest BCUT2D eigenvalue weighted by molar-refractivity contribution is -0.174. The van der Waals surface area contributed by atoms with Gasteiger partial charge < -0.3 is 20.3 Å². The Labute approximate surface area is 131 Å². The summed E-state index contributed by atoms with van der Waals surface area (Å²) in [5, 5.41) is 9.60. The molecule has 6 nitrogen and oxygen atoms in total. The van der Waals surface area contributed by atoms with Crippen molar-refractivity contribution in [1.82, 2.24) is 0 Å². The molecule has 0 spiro atoms. The van der Waals surface area contributed by atoms with Crippen LogP contribution in [0.1, 0.15) is 25.5 Å². The number of hydrogen-bond acceptors (Lipinski definition) is 6. The van der Waals surface area contributed by atoms with E-state index in [9.17, 15) is 23.5 Å². The number of phenols is 1. The molecular formula is C13H16ClF2NO5. The maximum Gasteiger partial charge on any atom is 0.379 e. The number of nitrogens with two attached hydrogens (primary N) is 1. The van der Waals surface area contributed by atoms with Crippen molar-refractivity contribution in [3.63, 3.8) is 0 Å². The van der Waals surface area contributed by atoms with Crippen LogP contribution in [0.25, 0.3) is 0 Å². The first-order valence-corrected chi connectivity index (χ1v) is 6.02. The second-order valence-electron chi connectivity index (χ2n) is 4.14. The number of carbonyl (C=O) groups is 2. The van der Waals surface area contributed by atoms with Gasteiger partial charge in [0.15, 0.2) is 11.5 Å². The van der Waals surface area contributed by atoms with Crippen LogP contribution in [0.5, 0.6) is 11.5 Å². The zero-order valence-corrected chi connectivity index (χ0v) is 12.7. The normalized spacial score (nSPS) is 12.0. The topological polar surface area (TPSA) is 98.9 Å². The highest BCUT2D eigenvalue weighted by Gasteiger charge is 2.47. The molecule has 1 atom stereocenters. The fourth-order valence-electron chi connectivity index (χ4n) is 1.53. The molecule has 0 radical (unpaired) electrons. The van der Waals surface area contributed by atoms with Gasteiger partial charge in [-0.2, -0.15) is 8.78 Å². The van der Waals surface area contributed by atoms with E-state index in [2.05, 4.69) is 9.47 Å². The van der Waals surface area contributed by atoms with Crippen molar-refractivity contribution in [3.8, 4) is 11.5 Å². The number of ether oxygens (including phenoxy) is 2. The van der Waals surface area contributed by atoms with E-state index in [-0.39, 0.29) is 30.3 Å². The second kappa shape index (κ2) is 7.90. The molecule has 124 valence electrons. The van der Waals surface area contributed by atoms with Gasteiger partial charge in [0.2, 0.25) is 0 Å². The Bertz CT molecular complexity index is 553. The third-order valence-corrected chi connectivity index (χ3v) is 2.53. The molecule has 0 fully saturated rings. The molecule has 1 aromatic rings. The Kier molecular flexibility index (Phi) is 7.21. The van der Waals surface area contributed by atoms with Crippen LogP contribution >= 0.6 is 12.4 Å². The molecule has 0 unspecified atom stereocenters. The zero-order valence-electron chi connectivity index (χ0n) is 11.8. The van der Waals surface area contributed by atoms with Crippen LogP contribution < -0.4 is 10.5 Å². The maximum absolute atomic E-state index is 13.8. The van der Waals surface area contributed by atoms with Crippen molar-refractivity contribution in [2.45, 2.75) is 25.8 Å². The van der Waals surface area contributed by atoms with E-state index in [0.717, 1.165) is 25.1 Å². The monoisotopic (exact) mass is 339 g/mol. The highest BCUT2D eigenvalue weighted by molar-refractivity contribution is 5.85. The lowest BCUT2D eigenvalue weighted by Crippen LogP contribution is -2.41. The number of esters is 2. The number of benzene rings is 1. The van der Waals surface area contributed by atoms with Crippen molar-refractivity contribution >= 4 is 24.3 Å². The molecule has 1 aromatic carbocycles. The second-order valence-corrected chi connectivity index (χ2v) is 4.14. The van der Waals surface area contributed by atoms with E-state index < -0.39 is 29.7 Å². The van der Waals surface area contributed by atoms with E-state index in [1.54, 1.807) is 0 Å². The quantitative estimate of drug-likeness (QED) is 0.628. The average molecular weight is 340 g/mol. The molecule has 1 rings (SSSR count). The molecule has 0 amide bonds. The number of hydrogen-bond donors (Lipinski definition) is 2. The summed E-state index contributed by atoms with van der Waals surface area (Å²) < 4.78 is 36.4. The average Bonchev–Trinajstić information content (AvgIpc) is 2.40. The summed E-state index contributed by atoms with van der Waals surface area (Å²) >= 11 is 0. The first kappa shape index (κ1) is 20.1. The molecule has 0 aliphatic carbocycles. The number of alkyl halides is 2. The van der Waals surface area contributed by atoms with E-state index in [4.69, 9.17) is 5.73 Å². The molecule has 9 heteroatoms. The van der Waals surface area contributed by atoms with Crippen LogP contribution in [0.2, 0.25) is 0 Å². The fourth-order valence-corrected chi connectivity index (χ4v) is 1.53. The van der Waals surface area contributed by atoms with Crippen molar-refractivity contribution in [2.75, 3.05) is 6.61 Å². The fraction of sp³-hybridized carbons (Fsp3) is 0.385. The Morgan fingerprint density at radius 2 is 2.00 bits per heavy atom. The van der Waals surface area contributed by atoms with E-state index in [1.165, 1.54) is 6.92 Å².